The molecule has 1 aromatic carbocycles. The second kappa shape index (κ2) is 4.71. The fourth-order valence-electron chi connectivity index (χ4n) is 1.87. The maximum atomic E-state index is 13.6. The Bertz CT molecular complexity index is 419. The quantitative estimate of drug-likeness (QED) is 0.735. The Morgan fingerprint density at radius 3 is 2.71 bits per heavy atom. The molecule has 5 heteroatoms. The van der Waals surface area contributed by atoms with Crippen LogP contribution < -0.4 is 10.6 Å². The monoisotopic (exact) mass is 238 g/mol. The van der Waals surface area contributed by atoms with Crippen molar-refractivity contribution in [2.45, 2.75) is 18.4 Å². The van der Waals surface area contributed by atoms with Crippen LogP contribution in [0.25, 0.3) is 0 Å². The van der Waals surface area contributed by atoms with Crippen LogP contribution >= 0.6 is 0 Å². The largest absolute Gasteiger partial charge is 0.395 e. The number of carbonyl (C=O) groups excluding carboxylic acids is 1. The van der Waals surface area contributed by atoms with Crippen LogP contribution in [-0.4, -0.2) is 24.3 Å². The van der Waals surface area contributed by atoms with E-state index in [4.69, 9.17) is 5.11 Å². The lowest BCUT2D eigenvalue weighted by molar-refractivity contribution is 0.229. The molecular formula is C12H15FN2O2. The minimum Gasteiger partial charge on any atom is -0.395 e. The van der Waals surface area contributed by atoms with E-state index in [2.05, 4.69) is 10.6 Å². The zero-order chi connectivity index (χ0) is 12.3. The number of aliphatic hydroxyl groups excluding tert-OH is 1. The van der Waals surface area contributed by atoms with E-state index in [1.165, 1.54) is 6.07 Å². The molecule has 0 atom stereocenters. The first-order valence-corrected chi connectivity index (χ1v) is 5.60. The summed E-state index contributed by atoms with van der Waals surface area (Å²) >= 11 is 0. The van der Waals surface area contributed by atoms with E-state index in [9.17, 15) is 9.18 Å². The zero-order valence-corrected chi connectivity index (χ0v) is 9.37. The van der Waals surface area contributed by atoms with Crippen LogP contribution in [0.5, 0.6) is 0 Å². The topological polar surface area (TPSA) is 61.4 Å². The van der Waals surface area contributed by atoms with Crippen LogP contribution in [0.4, 0.5) is 9.18 Å². The Kier molecular flexibility index (Phi) is 3.28. The van der Waals surface area contributed by atoms with Crippen LogP contribution in [0.3, 0.4) is 0 Å². The van der Waals surface area contributed by atoms with Gasteiger partial charge in [0.1, 0.15) is 5.82 Å². The van der Waals surface area contributed by atoms with Crippen LogP contribution in [0.2, 0.25) is 0 Å². The number of hydrogen-bond donors (Lipinski definition) is 3. The molecule has 1 saturated carbocycles. The lowest BCUT2D eigenvalue weighted by Gasteiger charge is -2.18. The molecule has 2 rings (SSSR count). The van der Waals surface area contributed by atoms with Crippen molar-refractivity contribution in [2.24, 2.45) is 0 Å². The number of nitrogens with one attached hydrogen (secondary N) is 2. The number of hydrogen-bond acceptors (Lipinski definition) is 2. The van der Waals surface area contributed by atoms with Gasteiger partial charge in [0, 0.05) is 12.1 Å². The maximum Gasteiger partial charge on any atom is 0.315 e. The molecule has 1 aromatic rings. The molecule has 0 unspecified atom stereocenters. The first-order chi connectivity index (χ1) is 8.18. The van der Waals surface area contributed by atoms with Gasteiger partial charge < -0.3 is 15.7 Å². The van der Waals surface area contributed by atoms with Crippen molar-refractivity contribution in [3.63, 3.8) is 0 Å². The second-order valence-electron chi connectivity index (χ2n) is 4.17. The molecule has 0 saturated heterocycles. The smallest absolute Gasteiger partial charge is 0.315 e. The van der Waals surface area contributed by atoms with E-state index < -0.39 is 5.54 Å². The van der Waals surface area contributed by atoms with Crippen LogP contribution in [-0.2, 0) is 5.54 Å². The molecule has 92 valence electrons. The summed E-state index contributed by atoms with van der Waals surface area (Å²) in [6, 6.07) is 6.09. The molecule has 0 spiro atoms. The first kappa shape index (κ1) is 11.9. The average molecular weight is 238 g/mol. The predicted molar refractivity (Wildman–Crippen MR) is 60.9 cm³/mol. The fourth-order valence-corrected chi connectivity index (χ4v) is 1.87. The molecule has 0 aliphatic heterocycles. The second-order valence-corrected chi connectivity index (χ2v) is 4.17. The zero-order valence-electron chi connectivity index (χ0n) is 9.37. The summed E-state index contributed by atoms with van der Waals surface area (Å²) in [6.07, 6.45) is 1.47. The SMILES string of the molecule is O=C(NCCO)NC1(c2ccccc2F)CC1. The Hall–Kier alpha value is -1.62. The van der Waals surface area contributed by atoms with Gasteiger partial charge >= 0.3 is 6.03 Å². The Morgan fingerprint density at radius 1 is 1.41 bits per heavy atom. The molecule has 1 fully saturated rings. The fraction of sp³-hybridized carbons (Fsp3) is 0.417. The highest BCUT2D eigenvalue weighted by Gasteiger charge is 2.47. The van der Waals surface area contributed by atoms with Gasteiger partial charge in [-0.1, -0.05) is 18.2 Å². The van der Waals surface area contributed by atoms with E-state index in [1.54, 1.807) is 18.2 Å². The predicted octanol–water partition coefficient (Wildman–Crippen LogP) is 1.11. The lowest BCUT2D eigenvalue weighted by Crippen LogP contribution is -2.43. The van der Waals surface area contributed by atoms with Crippen molar-refractivity contribution in [3.8, 4) is 0 Å². The van der Waals surface area contributed by atoms with E-state index in [1.807, 2.05) is 0 Å². The molecule has 1 aliphatic carbocycles. The number of aliphatic hydroxyl groups is 1. The van der Waals surface area contributed by atoms with E-state index in [-0.39, 0.29) is 25.0 Å². The molecular weight excluding hydrogens is 223 g/mol. The third kappa shape index (κ3) is 2.55. The van der Waals surface area contributed by atoms with Crippen LogP contribution in [0.1, 0.15) is 18.4 Å². The first-order valence-electron chi connectivity index (χ1n) is 5.60. The molecule has 0 radical (unpaired) electrons. The summed E-state index contributed by atoms with van der Waals surface area (Å²) in [4.78, 5) is 11.5. The Morgan fingerprint density at radius 2 is 2.12 bits per heavy atom. The normalized spacial score (nSPS) is 16.4. The van der Waals surface area contributed by atoms with Crippen molar-refractivity contribution in [2.75, 3.05) is 13.2 Å². The molecule has 0 aromatic heterocycles. The number of amides is 2. The average Bonchev–Trinajstić information content (AvgIpc) is 3.07. The van der Waals surface area contributed by atoms with Crippen LogP contribution in [0.15, 0.2) is 24.3 Å². The van der Waals surface area contributed by atoms with Gasteiger partial charge in [-0.25, -0.2) is 9.18 Å². The molecule has 17 heavy (non-hydrogen) atoms. The van der Waals surface area contributed by atoms with Crippen molar-refractivity contribution >= 4 is 6.03 Å². The number of urea groups is 1. The van der Waals surface area contributed by atoms with Crippen LogP contribution in [0, 0.1) is 5.82 Å². The van der Waals surface area contributed by atoms with Gasteiger partial charge in [-0.3, -0.25) is 0 Å². The number of rotatable bonds is 4. The molecule has 4 nitrogen and oxygen atoms in total. The molecule has 2 amide bonds. The van der Waals surface area contributed by atoms with E-state index in [0.29, 0.717) is 5.56 Å². The summed E-state index contributed by atoms with van der Waals surface area (Å²) in [6.45, 7) is 0.0826. The van der Waals surface area contributed by atoms with Crippen molar-refractivity contribution in [1.82, 2.24) is 10.6 Å². The van der Waals surface area contributed by atoms with Gasteiger partial charge in [0.15, 0.2) is 0 Å². The van der Waals surface area contributed by atoms with Gasteiger partial charge in [-0.05, 0) is 18.9 Å². The highest BCUT2D eigenvalue weighted by Crippen LogP contribution is 2.46. The summed E-state index contributed by atoms with van der Waals surface area (Å²) in [5.74, 6) is -0.299. The van der Waals surface area contributed by atoms with Gasteiger partial charge in [0.05, 0.1) is 12.1 Å². The maximum absolute atomic E-state index is 13.6. The highest BCUT2D eigenvalue weighted by atomic mass is 19.1. The summed E-state index contributed by atoms with van der Waals surface area (Å²) in [5.41, 5.74) is -0.0376. The Labute approximate surface area is 98.8 Å². The van der Waals surface area contributed by atoms with Crippen molar-refractivity contribution in [3.05, 3.63) is 35.6 Å². The standard InChI is InChI=1S/C12H15FN2O2/c13-10-4-2-1-3-9(10)12(5-6-12)15-11(17)14-7-8-16/h1-4,16H,5-8H2,(H2,14,15,17). The Balaban J connectivity index is 2.05. The summed E-state index contributed by atoms with van der Waals surface area (Å²) in [5, 5.41) is 13.8. The van der Waals surface area contributed by atoms with E-state index in [0.717, 1.165) is 12.8 Å². The number of carbonyl (C=O) groups is 1. The lowest BCUT2D eigenvalue weighted by atomic mass is 10.0. The number of halogens is 1. The van der Waals surface area contributed by atoms with Gasteiger partial charge in [-0.15, -0.1) is 0 Å². The van der Waals surface area contributed by atoms with Gasteiger partial charge in [0.25, 0.3) is 0 Å². The minimum atomic E-state index is -0.565. The number of benzene rings is 1. The van der Waals surface area contributed by atoms with Crippen molar-refractivity contribution in [1.29, 1.82) is 0 Å². The molecule has 0 heterocycles. The summed E-state index contributed by atoms with van der Waals surface area (Å²) in [7, 11) is 0. The molecule has 3 N–H and O–H groups in total. The van der Waals surface area contributed by atoms with Crippen molar-refractivity contribution < 1.29 is 14.3 Å². The van der Waals surface area contributed by atoms with E-state index >= 15 is 0 Å². The third-order valence-corrected chi connectivity index (χ3v) is 2.89. The highest BCUT2D eigenvalue weighted by molar-refractivity contribution is 5.75. The van der Waals surface area contributed by atoms with Gasteiger partial charge in [0.2, 0.25) is 0 Å². The molecule has 1 aliphatic rings. The molecule has 0 bridgehead atoms. The third-order valence-electron chi connectivity index (χ3n) is 2.89. The van der Waals surface area contributed by atoms with Gasteiger partial charge in [-0.2, -0.15) is 0 Å². The minimum absolute atomic E-state index is 0.111. The summed E-state index contributed by atoms with van der Waals surface area (Å²) < 4.78 is 13.6.